The molecule has 140 valence electrons. The Bertz CT molecular complexity index is 1130. The molecule has 0 radical (unpaired) electrons. The van der Waals surface area contributed by atoms with Crippen molar-refractivity contribution in [2.45, 2.75) is 6.42 Å². The molecule has 4 aromatic rings. The average Bonchev–Trinajstić information content (AvgIpc) is 3.35. The van der Waals surface area contributed by atoms with Gasteiger partial charge in [-0.2, -0.15) is 0 Å². The third kappa shape index (κ3) is 4.15. The van der Waals surface area contributed by atoms with E-state index < -0.39 is 0 Å². The Hall–Kier alpha value is -3.32. The lowest BCUT2D eigenvalue weighted by molar-refractivity contribution is -0.116. The first-order valence-corrected chi connectivity index (χ1v) is 9.61. The highest BCUT2D eigenvalue weighted by atomic mass is 32.1. The molecule has 28 heavy (non-hydrogen) atoms. The summed E-state index contributed by atoms with van der Waals surface area (Å²) in [5, 5.41) is 11.1. The monoisotopic (exact) mass is 392 g/mol. The fourth-order valence-electron chi connectivity index (χ4n) is 2.79. The summed E-state index contributed by atoms with van der Waals surface area (Å²) in [7, 11) is 0. The third-order valence-electron chi connectivity index (χ3n) is 4.19. The number of carbonyl (C=O) groups excluding carboxylic acids is 1. The van der Waals surface area contributed by atoms with Crippen LogP contribution in [-0.4, -0.2) is 27.0 Å². The average molecular weight is 392 g/mol. The number of carbonyl (C=O) groups is 1. The Morgan fingerprint density at radius 1 is 1.11 bits per heavy atom. The molecular weight excluding hydrogens is 375 g/mol. The number of benzene rings is 1. The molecule has 0 atom stereocenters. The van der Waals surface area contributed by atoms with Gasteiger partial charge in [-0.1, -0.05) is 18.2 Å². The number of hydrogen-bond donors (Lipinski definition) is 1. The van der Waals surface area contributed by atoms with E-state index in [4.69, 9.17) is 0 Å². The molecule has 1 aromatic carbocycles. The van der Waals surface area contributed by atoms with Crippen molar-refractivity contribution in [1.29, 1.82) is 0 Å². The number of hydrogen-bond acceptors (Lipinski definition) is 4. The fraction of sp³-hybridized carbons (Fsp3) is 0.0952. The zero-order valence-electron chi connectivity index (χ0n) is 14.9. The molecule has 3 aromatic heterocycles. The van der Waals surface area contributed by atoms with Gasteiger partial charge < -0.3 is 5.32 Å². The molecule has 0 saturated carbocycles. The van der Waals surface area contributed by atoms with Crippen LogP contribution >= 0.6 is 11.3 Å². The van der Waals surface area contributed by atoms with Gasteiger partial charge in [0.1, 0.15) is 11.6 Å². The zero-order chi connectivity index (χ0) is 19.3. The van der Waals surface area contributed by atoms with Crippen molar-refractivity contribution in [1.82, 2.24) is 19.9 Å². The predicted octanol–water partition coefficient (Wildman–Crippen LogP) is 3.97. The molecule has 0 spiro atoms. The molecule has 0 saturated heterocycles. The van der Waals surface area contributed by atoms with Gasteiger partial charge in [-0.15, -0.1) is 21.5 Å². The number of amides is 1. The summed E-state index contributed by atoms with van der Waals surface area (Å²) in [6.45, 7) is 0.476. The van der Waals surface area contributed by atoms with Crippen molar-refractivity contribution in [2.24, 2.45) is 0 Å². The largest absolute Gasteiger partial charge is 0.352 e. The Morgan fingerprint density at radius 3 is 2.82 bits per heavy atom. The van der Waals surface area contributed by atoms with Crippen LogP contribution in [0.3, 0.4) is 0 Å². The molecule has 5 nitrogen and oxygen atoms in total. The van der Waals surface area contributed by atoms with Crippen LogP contribution in [0.5, 0.6) is 0 Å². The number of nitrogens with zero attached hydrogens (tertiary/aromatic N) is 3. The van der Waals surface area contributed by atoms with Crippen molar-refractivity contribution in [2.75, 3.05) is 6.54 Å². The highest BCUT2D eigenvalue weighted by Crippen LogP contribution is 2.28. The highest BCUT2D eigenvalue weighted by Gasteiger charge is 2.05. The molecular formula is C21H17FN4OS. The van der Waals surface area contributed by atoms with Crippen LogP contribution < -0.4 is 5.32 Å². The molecule has 3 heterocycles. The maximum Gasteiger partial charge on any atom is 0.244 e. The second-order valence-electron chi connectivity index (χ2n) is 6.13. The van der Waals surface area contributed by atoms with Crippen LogP contribution in [-0.2, 0) is 11.2 Å². The quantitative estimate of drug-likeness (QED) is 0.505. The first-order valence-electron chi connectivity index (χ1n) is 8.79. The lowest BCUT2D eigenvalue weighted by Crippen LogP contribution is -2.24. The smallest absolute Gasteiger partial charge is 0.244 e. The molecule has 4 rings (SSSR count). The SMILES string of the molecule is O=C(/C=C/c1ccc(-c2ccc(F)cc2)s1)NCCc1nnc2ccccn12. The van der Waals surface area contributed by atoms with Crippen molar-refractivity contribution in [3.8, 4) is 10.4 Å². The summed E-state index contributed by atoms with van der Waals surface area (Å²) in [6, 6.07) is 16.0. The van der Waals surface area contributed by atoms with E-state index in [1.807, 2.05) is 40.9 Å². The summed E-state index contributed by atoms with van der Waals surface area (Å²) in [5.74, 6) is 0.392. The van der Waals surface area contributed by atoms with E-state index in [0.717, 1.165) is 26.8 Å². The van der Waals surface area contributed by atoms with Gasteiger partial charge in [0, 0.05) is 35.0 Å². The Balaban J connectivity index is 1.31. The molecule has 0 aliphatic carbocycles. The number of fused-ring (bicyclic) bond motifs is 1. The fourth-order valence-corrected chi connectivity index (χ4v) is 3.70. The van der Waals surface area contributed by atoms with E-state index in [9.17, 15) is 9.18 Å². The minimum atomic E-state index is -0.253. The number of thiophene rings is 1. The van der Waals surface area contributed by atoms with Gasteiger partial charge in [-0.05, 0) is 48.0 Å². The first-order chi connectivity index (χ1) is 13.7. The topological polar surface area (TPSA) is 59.3 Å². The van der Waals surface area contributed by atoms with E-state index in [-0.39, 0.29) is 11.7 Å². The molecule has 0 unspecified atom stereocenters. The lowest BCUT2D eigenvalue weighted by atomic mass is 10.2. The van der Waals surface area contributed by atoms with E-state index in [1.165, 1.54) is 18.2 Å². The van der Waals surface area contributed by atoms with Crippen LogP contribution in [0.1, 0.15) is 10.7 Å². The summed E-state index contributed by atoms with van der Waals surface area (Å²) < 4.78 is 14.9. The van der Waals surface area contributed by atoms with Gasteiger partial charge in [0.15, 0.2) is 5.65 Å². The van der Waals surface area contributed by atoms with Crippen LogP contribution in [0.2, 0.25) is 0 Å². The Morgan fingerprint density at radius 2 is 1.96 bits per heavy atom. The maximum atomic E-state index is 13.0. The van der Waals surface area contributed by atoms with Crippen molar-refractivity contribution in [3.05, 3.63) is 83.4 Å². The van der Waals surface area contributed by atoms with Gasteiger partial charge in [0.2, 0.25) is 5.91 Å². The second-order valence-corrected chi connectivity index (χ2v) is 7.24. The number of pyridine rings is 1. The minimum Gasteiger partial charge on any atom is -0.352 e. The number of halogens is 1. The van der Waals surface area contributed by atoms with Gasteiger partial charge in [0.05, 0.1) is 0 Å². The third-order valence-corrected chi connectivity index (χ3v) is 5.29. The molecule has 1 amide bonds. The molecule has 0 bridgehead atoms. The van der Waals surface area contributed by atoms with Crippen LogP contribution in [0, 0.1) is 5.82 Å². The number of nitrogens with one attached hydrogen (secondary N) is 1. The van der Waals surface area contributed by atoms with Crippen molar-refractivity contribution < 1.29 is 9.18 Å². The summed E-state index contributed by atoms with van der Waals surface area (Å²) >= 11 is 1.55. The van der Waals surface area contributed by atoms with Gasteiger partial charge in [0.25, 0.3) is 0 Å². The molecule has 1 N–H and O–H groups in total. The van der Waals surface area contributed by atoms with E-state index >= 15 is 0 Å². The van der Waals surface area contributed by atoms with Crippen LogP contribution in [0.25, 0.3) is 22.2 Å². The second kappa shape index (κ2) is 8.14. The zero-order valence-corrected chi connectivity index (χ0v) is 15.7. The van der Waals surface area contributed by atoms with Crippen LogP contribution in [0.4, 0.5) is 4.39 Å². The predicted molar refractivity (Wildman–Crippen MR) is 108 cm³/mol. The van der Waals surface area contributed by atoms with Crippen molar-refractivity contribution >= 4 is 29.0 Å². The van der Waals surface area contributed by atoms with E-state index in [1.54, 1.807) is 29.5 Å². The van der Waals surface area contributed by atoms with Crippen LogP contribution in [0.15, 0.2) is 66.9 Å². The summed E-state index contributed by atoms with van der Waals surface area (Å²) in [4.78, 5) is 14.0. The van der Waals surface area contributed by atoms with Crippen molar-refractivity contribution in [3.63, 3.8) is 0 Å². The molecule has 0 fully saturated rings. The summed E-state index contributed by atoms with van der Waals surface area (Å²) in [5.41, 5.74) is 1.74. The Kier molecular flexibility index (Phi) is 5.25. The van der Waals surface area contributed by atoms with E-state index in [2.05, 4.69) is 15.5 Å². The standard InChI is InChI=1S/C21H17FN4OS/c22-16-6-4-15(5-7-16)18-10-8-17(28-18)9-11-21(27)23-13-12-20-25-24-19-3-1-2-14-26(19)20/h1-11,14H,12-13H2,(H,23,27)/b11-9+. The molecule has 0 aliphatic heterocycles. The minimum absolute atomic E-state index is 0.162. The van der Waals surface area contributed by atoms with Gasteiger partial charge >= 0.3 is 0 Å². The number of rotatable bonds is 6. The first kappa shape index (κ1) is 18.1. The highest BCUT2D eigenvalue weighted by molar-refractivity contribution is 7.16. The van der Waals surface area contributed by atoms with Gasteiger partial charge in [-0.3, -0.25) is 9.20 Å². The molecule has 0 aliphatic rings. The normalized spacial score (nSPS) is 11.3. The molecule has 7 heteroatoms. The van der Waals surface area contributed by atoms with Gasteiger partial charge in [-0.25, -0.2) is 4.39 Å². The maximum absolute atomic E-state index is 13.0. The van der Waals surface area contributed by atoms with E-state index in [0.29, 0.717) is 13.0 Å². The Labute approximate surface area is 165 Å². The number of aromatic nitrogens is 3. The lowest BCUT2D eigenvalue weighted by Gasteiger charge is -2.01. The summed E-state index contributed by atoms with van der Waals surface area (Å²) in [6.07, 6.45) is 5.79.